The molecular formula is C43H57N6O10+. The number of hydrogen-bond donors (Lipinski definition) is 2. The fraction of sp³-hybridized carbons (Fsp3) is 0.558. The molecule has 0 aromatic heterocycles. The number of methoxy groups -OCH3 is 1. The number of rotatable bonds is 12. The van der Waals surface area contributed by atoms with Gasteiger partial charge in [-0.3, -0.25) is 24.1 Å². The molecule has 2 aromatic rings. The Balaban J connectivity index is 1.16. The van der Waals surface area contributed by atoms with E-state index < -0.39 is 82.5 Å². The first-order valence-corrected chi connectivity index (χ1v) is 20.5. The first-order chi connectivity index (χ1) is 28.1. The predicted molar refractivity (Wildman–Crippen MR) is 215 cm³/mol. The molecule has 16 nitrogen and oxygen atoms in total. The molecule has 2 aromatic carbocycles. The summed E-state index contributed by atoms with van der Waals surface area (Å²) in [6.07, 6.45) is 2.63. The molecule has 4 aliphatic heterocycles. The van der Waals surface area contributed by atoms with Gasteiger partial charge in [-0.25, -0.2) is 18.9 Å². The van der Waals surface area contributed by atoms with Gasteiger partial charge < -0.3 is 34.6 Å². The van der Waals surface area contributed by atoms with E-state index in [0.717, 1.165) is 11.1 Å². The Bertz CT molecular complexity index is 1920. The number of benzene rings is 2. The Morgan fingerprint density at radius 3 is 2.15 bits per heavy atom. The molecular weight excluding hydrogens is 761 g/mol. The second kappa shape index (κ2) is 18.3. The van der Waals surface area contributed by atoms with Crippen LogP contribution >= 0.6 is 0 Å². The lowest BCUT2D eigenvalue weighted by atomic mass is 9.92. The lowest BCUT2D eigenvalue weighted by Crippen LogP contribution is -2.71. The summed E-state index contributed by atoms with van der Waals surface area (Å²) in [7, 11) is 2.91. The number of likely N-dealkylation sites (tertiary alicyclic amines) is 3. The van der Waals surface area contributed by atoms with E-state index in [9.17, 15) is 33.6 Å². The van der Waals surface area contributed by atoms with Gasteiger partial charge in [0.2, 0.25) is 23.8 Å². The highest BCUT2D eigenvalue weighted by atomic mass is 16.6. The maximum absolute atomic E-state index is 14.8. The van der Waals surface area contributed by atoms with Crippen LogP contribution in [-0.4, -0.2) is 139 Å². The highest BCUT2D eigenvalue weighted by molar-refractivity contribution is 6.03. The molecule has 0 spiro atoms. The lowest BCUT2D eigenvalue weighted by Gasteiger charge is -2.44. The van der Waals surface area contributed by atoms with Gasteiger partial charge in [0, 0.05) is 31.6 Å². The van der Waals surface area contributed by atoms with Crippen LogP contribution in [0.3, 0.4) is 0 Å². The number of hydrogen-bond acceptors (Lipinski definition) is 10. The van der Waals surface area contributed by atoms with Crippen LogP contribution in [0.2, 0.25) is 0 Å². The van der Waals surface area contributed by atoms with Crippen molar-refractivity contribution in [1.29, 1.82) is 0 Å². The van der Waals surface area contributed by atoms with E-state index in [1.165, 1.54) is 21.8 Å². The molecule has 59 heavy (non-hydrogen) atoms. The molecule has 3 saturated heterocycles. The summed E-state index contributed by atoms with van der Waals surface area (Å²) in [5.74, 6) is -2.91. The molecule has 16 heteroatoms. The van der Waals surface area contributed by atoms with Gasteiger partial charge in [-0.1, -0.05) is 48.5 Å². The zero-order valence-electron chi connectivity index (χ0n) is 34.6. The minimum Gasteiger partial charge on any atom is -0.467 e. The van der Waals surface area contributed by atoms with E-state index in [0.29, 0.717) is 63.8 Å². The average Bonchev–Trinajstić information content (AvgIpc) is 4.02. The second-order valence-corrected chi connectivity index (χ2v) is 16.8. The van der Waals surface area contributed by atoms with Gasteiger partial charge in [0.15, 0.2) is 0 Å². The number of fused-ring (bicyclic) bond motifs is 1. The first kappa shape index (κ1) is 43.2. The van der Waals surface area contributed by atoms with Crippen molar-refractivity contribution in [2.45, 2.75) is 108 Å². The maximum Gasteiger partial charge on any atom is 0.410 e. The predicted octanol–water partition coefficient (Wildman–Crippen LogP) is 2.45. The van der Waals surface area contributed by atoms with E-state index in [1.807, 2.05) is 42.5 Å². The van der Waals surface area contributed by atoms with Crippen LogP contribution in [0.4, 0.5) is 10.5 Å². The fourth-order valence-electron chi connectivity index (χ4n) is 8.81. The Hall–Kier alpha value is -5.35. The van der Waals surface area contributed by atoms with Gasteiger partial charge in [-0.15, -0.1) is 0 Å². The van der Waals surface area contributed by atoms with Crippen LogP contribution < -0.4 is 15.1 Å². The van der Waals surface area contributed by atoms with E-state index >= 15 is 0 Å². The summed E-state index contributed by atoms with van der Waals surface area (Å²) in [5.41, 5.74) is 1.46. The Morgan fingerprint density at radius 1 is 0.831 bits per heavy atom. The number of amides is 6. The molecule has 3 fully saturated rings. The third kappa shape index (κ3) is 9.43. The normalized spacial score (nSPS) is 24.6. The van der Waals surface area contributed by atoms with E-state index in [4.69, 9.17) is 14.2 Å². The molecule has 0 saturated carbocycles. The summed E-state index contributed by atoms with van der Waals surface area (Å²) >= 11 is 0. The molecule has 0 aliphatic carbocycles. The van der Waals surface area contributed by atoms with Crippen molar-refractivity contribution in [1.82, 2.24) is 29.8 Å². The van der Waals surface area contributed by atoms with E-state index in [-0.39, 0.29) is 25.5 Å². The van der Waals surface area contributed by atoms with Crippen molar-refractivity contribution in [2.75, 3.05) is 46.9 Å². The van der Waals surface area contributed by atoms with Crippen LogP contribution in [0.25, 0.3) is 0 Å². The highest BCUT2D eigenvalue weighted by Gasteiger charge is 2.56. The Morgan fingerprint density at radius 2 is 1.46 bits per heavy atom. The van der Waals surface area contributed by atoms with Gasteiger partial charge in [0.1, 0.15) is 42.1 Å². The molecule has 318 valence electrons. The largest absolute Gasteiger partial charge is 0.467 e. The highest BCUT2D eigenvalue weighted by Crippen LogP contribution is 2.37. The van der Waals surface area contributed by atoms with Crippen molar-refractivity contribution in [2.24, 2.45) is 0 Å². The topological polar surface area (TPSA) is 181 Å². The molecule has 2 N–H and O–H groups in total. The number of carbonyl (C=O) groups is 7. The number of nitrogens with zero attached hydrogens (tertiary/aromatic N) is 4. The molecule has 4 heterocycles. The molecule has 4 aliphatic rings. The van der Waals surface area contributed by atoms with Gasteiger partial charge in [0.05, 0.1) is 27.3 Å². The monoisotopic (exact) mass is 817 g/mol. The molecule has 6 amide bonds. The molecule has 0 radical (unpaired) electrons. The average molecular weight is 818 g/mol. The fourth-order valence-corrected chi connectivity index (χ4v) is 8.81. The first-order valence-electron chi connectivity index (χ1n) is 20.5. The zero-order valence-corrected chi connectivity index (χ0v) is 34.6. The summed E-state index contributed by atoms with van der Waals surface area (Å²) in [6.45, 7) is 5.83. The summed E-state index contributed by atoms with van der Waals surface area (Å²) in [6, 6.07) is 12.1. The van der Waals surface area contributed by atoms with Crippen LogP contribution in [0.1, 0.15) is 70.4 Å². The zero-order chi connectivity index (χ0) is 42.5. The van der Waals surface area contributed by atoms with Crippen LogP contribution in [0, 0.1) is 0 Å². The molecule has 0 bridgehead atoms. The summed E-state index contributed by atoms with van der Waals surface area (Å²) in [4.78, 5) is 100. The van der Waals surface area contributed by atoms with Gasteiger partial charge >= 0.3 is 18.0 Å². The van der Waals surface area contributed by atoms with Crippen molar-refractivity contribution < 1.29 is 47.8 Å². The Kier molecular flexibility index (Phi) is 13.4. The van der Waals surface area contributed by atoms with Crippen molar-refractivity contribution in [3.8, 4) is 0 Å². The number of quaternary nitrogens is 1. The molecule has 6 atom stereocenters. The van der Waals surface area contributed by atoms with E-state index in [1.54, 1.807) is 40.0 Å². The number of ether oxygens (including phenoxy) is 3. The van der Waals surface area contributed by atoms with Gasteiger partial charge in [-0.05, 0) is 70.9 Å². The maximum atomic E-state index is 14.8. The SMILES string of the molecule is COC(=O)[C@@H]1CCCN1C(=O)[C@H](COCc1ccccc1)[N+]1(C)C(=O)[C@@H](NC(=O)CNC(=O)[C@@H]2CCCN2C(=O)[C@@H]2CCCN2C(=O)OC(C)(C)C)Cc2ccccc21. The van der Waals surface area contributed by atoms with Crippen LogP contribution in [-0.2, 0) is 56.0 Å². The van der Waals surface area contributed by atoms with Crippen LogP contribution in [0.5, 0.6) is 0 Å². The van der Waals surface area contributed by atoms with Crippen molar-refractivity contribution in [3.63, 3.8) is 0 Å². The minimum absolute atomic E-state index is 0.142. The quantitative estimate of drug-likeness (QED) is 0.239. The molecule has 1 unspecified atom stereocenters. The second-order valence-electron chi connectivity index (χ2n) is 16.8. The third-order valence-corrected chi connectivity index (χ3v) is 11.7. The van der Waals surface area contributed by atoms with Gasteiger partial charge in [0.25, 0.3) is 5.91 Å². The van der Waals surface area contributed by atoms with Crippen LogP contribution in [0.15, 0.2) is 54.6 Å². The number of likely N-dealkylation sites (N-methyl/N-ethyl adjacent to an activating group) is 1. The summed E-state index contributed by atoms with van der Waals surface area (Å²) < 4.78 is 16.2. The Labute approximate surface area is 345 Å². The minimum atomic E-state index is -1.13. The summed E-state index contributed by atoms with van der Waals surface area (Å²) in [5, 5.41) is 5.47. The number of carbonyl (C=O) groups excluding carboxylic acids is 7. The number of esters is 1. The lowest BCUT2D eigenvalue weighted by molar-refractivity contribution is -0.156. The van der Waals surface area contributed by atoms with E-state index in [2.05, 4.69) is 10.6 Å². The number of para-hydroxylation sites is 1. The van der Waals surface area contributed by atoms with Crippen molar-refractivity contribution in [3.05, 3.63) is 65.7 Å². The standard InChI is InChI=1S/C43H56N6O10/c1-43(2,3)59-42(56)48-23-12-18-32(48)38(52)46-21-11-17-31(46)37(51)44-25-36(50)45-30-24-29-16-9-10-20-34(29)49(4,40(30)54)35(27-58-26-28-14-7-6-8-15-28)39(53)47-22-13-19-33(47)41(55)57-5/h6-10,14-16,20,30-33,35H,11-13,17-19,21-27H2,1-5H3,(H-,44,45,50,51)/p+1/t30-,31-,32-,33-,35-,49?/m0/s1. The number of nitrogens with one attached hydrogen (secondary N) is 2. The smallest absolute Gasteiger partial charge is 0.410 e. The third-order valence-electron chi connectivity index (χ3n) is 11.7. The molecule has 6 rings (SSSR count). The van der Waals surface area contributed by atoms with Gasteiger partial charge in [-0.2, -0.15) is 0 Å². The van der Waals surface area contributed by atoms with Crippen molar-refractivity contribution >= 4 is 47.3 Å².